The molecule has 20 nitrogen and oxygen atoms in total. The Labute approximate surface area is 403 Å². The van der Waals surface area contributed by atoms with Crippen molar-refractivity contribution in [3.05, 3.63) is 93.6 Å². The predicted octanol–water partition coefficient (Wildman–Crippen LogP) is 5.12. The van der Waals surface area contributed by atoms with Gasteiger partial charge in [-0.2, -0.15) is 0 Å². The number of aliphatic hydroxyl groups excluding tert-OH is 2. The summed E-state index contributed by atoms with van der Waals surface area (Å²) >= 11 is 0. The van der Waals surface area contributed by atoms with Crippen LogP contribution in [0.1, 0.15) is 150 Å². The van der Waals surface area contributed by atoms with Gasteiger partial charge in [0.1, 0.15) is 41.8 Å². The van der Waals surface area contributed by atoms with E-state index in [2.05, 4.69) is 37.6 Å². The number of rotatable bonds is 21. The van der Waals surface area contributed by atoms with E-state index >= 15 is 0 Å². The van der Waals surface area contributed by atoms with Gasteiger partial charge in [-0.15, -0.1) is 25.5 Å². The third kappa shape index (κ3) is 10.2. The number of hydrogen-bond donors (Lipinski definition) is 5. The molecule has 370 valence electrons. The fraction of sp³-hybridized carbons (Fsp3) is 0.480. The van der Waals surface area contributed by atoms with E-state index in [1.807, 2.05) is 4.68 Å². The Morgan fingerprint density at radius 3 is 2.30 bits per heavy atom. The van der Waals surface area contributed by atoms with E-state index < -0.39 is 101 Å². The molecule has 3 aliphatic rings. The van der Waals surface area contributed by atoms with Gasteiger partial charge in [-0.1, -0.05) is 69.2 Å². The van der Waals surface area contributed by atoms with Gasteiger partial charge in [0.05, 0.1) is 54.0 Å². The van der Waals surface area contributed by atoms with Gasteiger partial charge < -0.3 is 44.5 Å². The zero-order chi connectivity index (χ0) is 49.7. The minimum Gasteiger partial charge on any atom is -0.507 e. The van der Waals surface area contributed by atoms with Crippen LogP contribution in [0.25, 0.3) is 11.4 Å². The van der Waals surface area contributed by atoms with Gasteiger partial charge in [0.25, 0.3) is 0 Å². The van der Waals surface area contributed by atoms with Crippen LogP contribution in [0.3, 0.4) is 0 Å². The Hall–Kier alpha value is -6.58. The number of benzene rings is 3. The van der Waals surface area contributed by atoms with Gasteiger partial charge in [0.2, 0.25) is 23.2 Å². The summed E-state index contributed by atoms with van der Waals surface area (Å²) in [6, 6.07) is 11.3. The number of ether oxygens (including phenoxy) is 4. The highest BCUT2D eigenvalue weighted by molar-refractivity contribution is 6.31. The van der Waals surface area contributed by atoms with Gasteiger partial charge >= 0.3 is 0 Å². The topological polar surface area (TPSA) is 289 Å². The molecule has 1 saturated heterocycles. The van der Waals surface area contributed by atoms with Crippen molar-refractivity contribution in [2.45, 2.75) is 134 Å². The zero-order valence-electron chi connectivity index (χ0n) is 39.2. The normalized spacial score (nSPS) is 21.7. The third-order valence-electron chi connectivity index (χ3n) is 13.5. The lowest BCUT2D eigenvalue weighted by Gasteiger charge is -2.42. The van der Waals surface area contributed by atoms with Crippen LogP contribution in [0.4, 0.5) is 0 Å². The molecule has 3 heterocycles. The number of carbonyl (C=O) groups is 4. The van der Waals surface area contributed by atoms with Crippen LogP contribution < -0.4 is 9.47 Å². The van der Waals surface area contributed by atoms with Crippen LogP contribution in [0.5, 0.6) is 23.0 Å². The molecule has 5 N–H and O–H groups in total. The van der Waals surface area contributed by atoms with Crippen LogP contribution in [0.2, 0.25) is 0 Å². The first-order valence-electron chi connectivity index (χ1n) is 23.7. The summed E-state index contributed by atoms with van der Waals surface area (Å²) in [4.78, 5) is 54.5. The number of unbranched alkanes of at least 4 members (excludes halogenated alkanes) is 7. The fourth-order valence-electron chi connectivity index (χ4n) is 9.63. The van der Waals surface area contributed by atoms with Crippen molar-refractivity contribution in [3.8, 4) is 34.4 Å². The summed E-state index contributed by atoms with van der Waals surface area (Å²) < 4.78 is 25.5. The summed E-state index contributed by atoms with van der Waals surface area (Å²) in [6.07, 6.45) is 4.91. The first-order chi connectivity index (χ1) is 33.8. The Morgan fingerprint density at radius 2 is 1.60 bits per heavy atom. The lowest BCUT2D eigenvalue weighted by atomic mass is 9.72. The molecule has 5 aromatic rings. The second-order valence-corrected chi connectivity index (χ2v) is 18.2. The molecule has 1 aliphatic heterocycles. The van der Waals surface area contributed by atoms with Crippen LogP contribution >= 0.6 is 0 Å². The molecule has 1 fully saturated rings. The van der Waals surface area contributed by atoms with Crippen LogP contribution in [0.15, 0.2) is 48.7 Å². The Bertz CT molecular complexity index is 2730. The van der Waals surface area contributed by atoms with Crippen LogP contribution in [-0.2, 0) is 33.8 Å². The minimum atomic E-state index is -2.36. The van der Waals surface area contributed by atoms with E-state index in [4.69, 9.17) is 18.9 Å². The summed E-state index contributed by atoms with van der Waals surface area (Å²) in [6.45, 7) is 3.73. The smallest absolute Gasteiger partial charge is 0.239 e. The van der Waals surface area contributed by atoms with Crippen molar-refractivity contribution in [1.29, 1.82) is 0 Å². The number of fused-ring (bicyclic) bond motifs is 3. The highest BCUT2D eigenvalue weighted by atomic mass is 16.7. The van der Waals surface area contributed by atoms with Gasteiger partial charge in [-0.25, -0.2) is 4.68 Å². The quantitative estimate of drug-likeness (QED) is 0.0355. The Kier molecular flexibility index (Phi) is 15.4. The fourth-order valence-corrected chi connectivity index (χ4v) is 9.63. The highest BCUT2D eigenvalue weighted by Gasteiger charge is 2.50. The number of hydrogen-bond acceptors (Lipinski definition) is 19. The van der Waals surface area contributed by atoms with E-state index in [9.17, 15) is 44.7 Å². The number of aromatic hydroxyl groups is 2. The number of phenols is 2. The van der Waals surface area contributed by atoms with E-state index in [0.29, 0.717) is 11.3 Å². The van der Waals surface area contributed by atoms with E-state index in [-0.39, 0.29) is 59.1 Å². The molecule has 0 radical (unpaired) electrons. The second kappa shape index (κ2) is 21.6. The number of phenolic OH excluding ortho intramolecular Hbond substituents is 2. The molecule has 2 aliphatic carbocycles. The van der Waals surface area contributed by atoms with Crippen LogP contribution in [0, 0.1) is 5.92 Å². The number of carbonyl (C=O) groups excluding carboxylic acids is 4. The molecule has 0 spiro atoms. The third-order valence-corrected chi connectivity index (χ3v) is 13.5. The molecule has 70 heavy (non-hydrogen) atoms. The van der Waals surface area contributed by atoms with Crippen molar-refractivity contribution in [1.82, 2.24) is 35.4 Å². The van der Waals surface area contributed by atoms with Crippen LogP contribution in [-0.4, -0.2) is 122 Å². The Morgan fingerprint density at radius 1 is 0.900 bits per heavy atom. The maximum atomic E-state index is 14.0. The van der Waals surface area contributed by atoms with Crippen molar-refractivity contribution in [2.24, 2.45) is 5.92 Å². The highest BCUT2D eigenvalue weighted by Crippen LogP contribution is 2.53. The molecule has 0 bridgehead atoms. The lowest BCUT2D eigenvalue weighted by Crippen LogP contribution is -2.49. The largest absolute Gasteiger partial charge is 0.507 e. The maximum absolute atomic E-state index is 14.0. The number of aryl methyl sites for hydroxylation is 1. The molecule has 0 saturated carbocycles. The number of aliphatic hydroxyl groups is 3. The van der Waals surface area contributed by atoms with Crippen molar-refractivity contribution in [3.63, 3.8) is 0 Å². The molecule has 6 atom stereocenters. The lowest BCUT2D eigenvalue weighted by molar-refractivity contribution is -0.256. The van der Waals surface area contributed by atoms with Gasteiger partial charge in [-0.3, -0.25) is 19.2 Å². The standard InChI is InChI=1S/C50H57N7O13/c1-4-5-6-7-8-9-10-11-19-57-30(24-51-56-57)26-68-31-17-15-28(16-18-31)48-52-54-49(55-53-48)34(59)20-29-21-38(69-27(2)43(29)61)70-36-23-50(66,37(60)25-58)22-33-40(36)47(65)42-41(45(33)63)44(62)32-13-12-14-35(67-3)39(32)46(42)64/h12-18,24,27,29,36,38,43,58,61,63,65-66H,4-11,19-23,25-26H2,1-3H3/t27-,29-,36-,38-,43+,50-/m0/s1. The summed E-state index contributed by atoms with van der Waals surface area (Å²) in [5.41, 5.74) is -2.68. The molecule has 8 rings (SSSR count). The van der Waals surface area contributed by atoms with E-state index in [1.165, 1.54) is 63.8 Å². The first kappa shape index (κ1) is 49.8. The molecule has 2 aromatic heterocycles. The second-order valence-electron chi connectivity index (χ2n) is 18.2. The SMILES string of the molecule is CCCCCCCCCCn1nncc1COc1ccc(-c2nnc(C(=O)C[C@H]3C[C@H](O[C@H]4C[C@](O)(C(=O)CO)Cc5c(O)c6c(c(O)c54)C(=O)c4c(OC)cccc4C6=O)O[C@@H](C)[C@H]3O)nn2)cc1. The molecule has 3 aromatic carbocycles. The number of aromatic nitrogens is 7. The average molecular weight is 964 g/mol. The van der Waals surface area contributed by atoms with Gasteiger partial charge in [0.15, 0.2) is 17.9 Å². The number of ketones is 4. The summed E-state index contributed by atoms with van der Waals surface area (Å²) in [5.74, 6) is -5.09. The van der Waals surface area contributed by atoms with Crippen molar-refractivity contribution in [2.75, 3.05) is 13.7 Å². The molecule has 0 amide bonds. The summed E-state index contributed by atoms with van der Waals surface area (Å²) in [5, 5.41) is 80.9. The first-order valence-corrected chi connectivity index (χ1v) is 23.7. The molecular weight excluding hydrogens is 907 g/mol. The number of nitrogens with zero attached hydrogens (tertiary/aromatic N) is 7. The van der Waals surface area contributed by atoms with Crippen molar-refractivity contribution >= 4 is 23.1 Å². The predicted molar refractivity (Wildman–Crippen MR) is 246 cm³/mol. The van der Waals surface area contributed by atoms with E-state index in [0.717, 1.165) is 25.1 Å². The number of Topliss-reactive ketones (excluding diaryl/α,β-unsaturated/α-hetero) is 2. The minimum absolute atomic E-state index is 0.0554. The number of methoxy groups -OCH3 is 1. The molecule has 0 unspecified atom stereocenters. The average Bonchev–Trinajstić information content (AvgIpc) is 3.82. The monoisotopic (exact) mass is 963 g/mol. The van der Waals surface area contributed by atoms with Gasteiger partial charge in [-0.05, 0) is 49.6 Å². The zero-order valence-corrected chi connectivity index (χ0v) is 39.2. The van der Waals surface area contributed by atoms with Crippen molar-refractivity contribution < 1.29 is 63.7 Å². The van der Waals surface area contributed by atoms with E-state index in [1.54, 1.807) is 37.4 Å². The molecule has 20 heteroatoms. The summed E-state index contributed by atoms with van der Waals surface area (Å²) in [7, 11) is 1.31. The maximum Gasteiger partial charge on any atom is 0.239 e. The Balaban J connectivity index is 0.921. The van der Waals surface area contributed by atoms with Gasteiger partial charge in [0, 0.05) is 54.5 Å². The molecular formula is C50H57N7O13.